The van der Waals surface area contributed by atoms with Gasteiger partial charge in [-0.05, 0) is 46.7 Å². The second-order valence-corrected chi connectivity index (χ2v) is 4.86. The lowest BCUT2D eigenvalue weighted by atomic mass is 10.2. The van der Waals surface area contributed by atoms with E-state index in [9.17, 15) is 4.79 Å². The molecule has 1 aromatic carbocycles. The van der Waals surface area contributed by atoms with E-state index >= 15 is 0 Å². The molecule has 0 saturated carbocycles. The van der Waals surface area contributed by atoms with Crippen LogP contribution in [0, 0.1) is 9.49 Å². The fourth-order valence-corrected chi connectivity index (χ4v) is 1.57. The molecular weight excluding hydrogens is 289 g/mol. The Morgan fingerprint density at radius 2 is 2.21 bits per heavy atom. The van der Waals surface area contributed by atoms with Gasteiger partial charge in [-0.3, -0.25) is 4.79 Å². The van der Waals surface area contributed by atoms with E-state index in [2.05, 4.69) is 41.8 Å². The number of hydrogen-bond donors (Lipinski definition) is 1. The molecule has 1 aromatic rings. The summed E-state index contributed by atoms with van der Waals surface area (Å²) in [6.07, 6.45) is 0. The first kappa shape index (κ1) is 11.5. The molecule has 0 bridgehead atoms. The highest BCUT2D eigenvalue weighted by molar-refractivity contribution is 14.1. The van der Waals surface area contributed by atoms with Crippen LogP contribution in [0.5, 0.6) is 0 Å². The predicted octanol–water partition coefficient (Wildman–Crippen LogP) is 2.68. The molecule has 14 heavy (non-hydrogen) atoms. The van der Waals surface area contributed by atoms with Crippen molar-refractivity contribution >= 4 is 28.5 Å². The predicted molar refractivity (Wildman–Crippen MR) is 66.3 cm³/mol. The van der Waals surface area contributed by atoms with Crippen LogP contribution in [0.3, 0.4) is 0 Å². The molecule has 1 rings (SSSR count). The number of carbonyl (C=O) groups excluding carboxylic acids is 1. The van der Waals surface area contributed by atoms with E-state index in [1.54, 1.807) is 0 Å². The molecule has 3 heteroatoms. The van der Waals surface area contributed by atoms with Crippen LogP contribution in [0.4, 0.5) is 0 Å². The van der Waals surface area contributed by atoms with Crippen LogP contribution in [-0.4, -0.2) is 12.5 Å². The molecule has 0 fully saturated rings. The average molecular weight is 303 g/mol. The van der Waals surface area contributed by atoms with Crippen LogP contribution in [-0.2, 0) is 0 Å². The van der Waals surface area contributed by atoms with Gasteiger partial charge in [0.2, 0.25) is 0 Å². The minimum atomic E-state index is 0.0113. The Morgan fingerprint density at radius 1 is 1.50 bits per heavy atom. The highest BCUT2D eigenvalue weighted by atomic mass is 127. The van der Waals surface area contributed by atoms with Gasteiger partial charge < -0.3 is 5.32 Å². The topological polar surface area (TPSA) is 29.1 Å². The fraction of sp³-hybridized carbons (Fsp3) is 0.364. The number of benzene rings is 1. The van der Waals surface area contributed by atoms with E-state index in [1.807, 2.05) is 24.3 Å². The zero-order valence-electron chi connectivity index (χ0n) is 8.38. The number of hydrogen-bond acceptors (Lipinski definition) is 1. The molecule has 0 unspecified atom stereocenters. The monoisotopic (exact) mass is 303 g/mol. The van der Waals surface area contributed by atoms with Crippen molar-refractivity contribution in [3.05, 3.63) is 33.4 Å². The van der Waals surface area contributed by atoms with Crippen molar-refractivity contribution in [1.29, 1.82) is 0 Å². The minimum absolute atomic E-state index is 0.0113. The lowest BCUT2D eigenvalue weighted by Crippen LogP contribution is -2.27. The zero-order chi connectivity index (χ0) is 10.6. The molecule has 0 atom stereocenters. The zero-order valence-corrected chi connectivity index (χ0v) is 10.5. The van der Waals surface area contributed by atoms with E-state index in [1.165, 1.54) is 0 Å². The summed E-state index contributed by atoms with van der Waals surface area (Å²) in [5, 5.41) is 2.88. The van der Waals surface area contributed by atoms with Crippen molar-refractivity contribution in [2.75, 3.05) is 6.54 Å². The van der Waals surface area contributed by atoms with Crippen molar-refractivity contribution < 1.29 is 4.79 Å². The molecule has 76 valence electrons. The number of nitrogens with one attached hydrogen (secondary N) is 1. The summed E-state index contributed by atoms with van der Waals surface area (Å²) >= 11 is 2.20. The van der Waals surface area contributed by atoms with Crippen LogP contribution in [0.25, 0.3) is 0 Å². The van der Waals surface area contributed by atoms with Gasteiger partial charge in [0, 0.05) is 15.7 Å². The summed E-state index contributed by atoms with van der Waals surface area (Å²) in [4.78, 5) is 11.6. The summed E-state index contributed by atoms with van der Waals surface area (Å²) in [5.74, 6) is 0.499. The summed E-state index contributed by atoms with van der Waals surface area (Å²) in [5.41, 5.74) is 0.734. The van der Waals surface area contributed by atoms with E-state index in [4.69, 9.17) is 0 Å². The Morgan fingerprint density at radius 3 is 2.79 bits per heavy atom. The maximum absolute atomic E-state index is 11.6. The Labute approximate surface area is 98.2 Å². The van der Waals surface area contributed by atoms with Crippen molar-refractivity contribution in [1.82, 2.24) is 5.32 Å². The molecule has 0 aliphatic heterocycles. The van der Waals surface area contributed by atoms with Gasteiger partial charge in [-0.1, -0.05) is 19.9 Å². The van der Waals surface area contributed by atoms with Crippen LogP contribution < -0.4 is 5.32 Å². The normalized spacial score (nSPS) is 10.3. The minimum Gasteiger partial charge on any atom is -0.352 e. The quantitative estimate of drug-likeness (QED) is 0.855. The number of carbonyl (C=O) groups is 1. The molecule has 0 spiro atoms. The third kappa shape index (κ3) is 3.65. The SMILES string of the molecule is CC(C)CNC(=O)c1cccc(I)c1. The fourth-order valence-electron chi connectivity index (χ4n) is 1.03. The molecule has 2 nitrogen and oxygen atoms in total. The van der Waals surface area contributed by atoms with Crippen LogP contribution in [0.1, 0.15) is 24.2 Å². The molecule has 0 radical (unpaired) electrons. The second kappa shape index (κ2) is 5.34. The summed E-state index contributed by atoms with van der Waals surface area (Å²) in [6, 6.07) is 7.58. The summed E-state index contributed by atoms with van der Waals surface area (Å²) in [7, 11) is 0. The van der Waals surface area contributed by atoms with E-state index in [0.29, 0.717) is 5.92 Å². The molecule has 1 N–H and O–H groups in total. The first-order valence-electron chi connectivity index (χ1n) is 4.63. The van der Waals surface area contributed by atoms with E-state index < -0.39 is 0 Å². The standard InChI is InChI=1S/C11H14INO/c1-8(2)7-13-11(14)9-4-3-5-10(12)6-9/h3-6,8H,7H2,1-2H3,(H,13,14). The van der Waals surface area contributed by atoms with Gasteiger partial charge in [-0.15, -0.1) is 0 Å². The molecule has 0 saturated heterocycles. The smallest absolute Gasteiger partial charge is 0.251 e. The van der Waals surface area contributed by atoms with Crippen LogP contribution in [0.2, 0.25) is 0 Å². The van der Waals surface area contributed by atoms with Crippen molar-refractivity contribution in [3.63, 3.8) is 0 Å². The molecule has 1 amide bonds. The summed E-state index contributed by atoms with van der Waals surface area (Å²) in [6.45, 7) is 4.88. The lowest BCUT2D eigenvalue weighted by molar-refractivity contribution is 0.0949. The molecule has 0 heterocycles. The first-order chi connectivity index (χ1) is 6.59. The highest BCUT2D eigenvalue weighted by Crippen LogP contribution is 2.07. The van der Waals surface area contributed by atoms with Gasteiger partial charge in [0.15, 0.2) is 0 Å². The largest absolute Gasteiger partial charge is 0.352 e. The Kier molecular flexibility index (Phi) is 4.38. The van der Waals surface area contributed by atoms with E-state index in [-0.39, 0.29) is 5.91 Å². The van der Waals surface area contributed by atoms with Crippen LogP contribution in [0.15, 0.2) is 24.3 Å². The average Bonchev–Trinajstić information content (AvgIpc) is 2.14. The van der Waals surface area contributed by atoms with Crippen molar-refractivity contribution in [2.45, 2.75) is 13.8 Å². The Bertz CT molecular complexity index is 323. The highest BCUT2D eigenvalue weighted by Gasteiger charge is 2.05. The molecule has 0 aliphatic rings. The van der Waals surface area contributed by atoms with Gasteiger partial charge in [0.05, 0.1) is 0 Å². The van der Waals surface area contributed by atoms with Crippen LogP contribution >= 0.6 is 22.6 Å². The van der Waals surface area contributed by atoms with Gasteiger partial charge in [-0.2, -0.15) is 0 Å². The number of rotatable bonds is 3. The number of halogens is 1. The van der Waals surface area contributed by atoms with Gasteiger partial charge in [-0.25, -0.2) is 0 Å². The first-order valence-corrected chi connectivity index (χ1v) is 5.71. The molecule has 0 aromatic heterocycles. The van der Waals surface area contributed by atoms with Crippen molar-refractivity contribution in [2.24, 2.45) is 5.92 Å². The molecular formula is C11H14INO. The van der Waals surface area contributed by atoms with Gasteiger partial charge >= 0.3 is 0 Å². The third-order valence-corrected chi connectivity index (χ3v) is 2.43. The maximum Gasteiger partial charge on any atom is 0.251 e. The Balaban J connectivity index is 2.61. The summed E-state index contributed by atoms with van der Waals surface area (Å²) < 4.78 is 1.08. The molecule has 0 aliphatic carbocycles. The van der Waals surface area contributed by atoms with E-state index in [0.717, 1.165) is 15.7 Å². The third-order valence-electron chi connectivity index (χ3n) is 1.76. The number of amides is 1. The van der Waals surface area contributed by atoms with Gasteiger partial charge in [0.1, 0.15) is 0 Å². The van der Waals surface area contributed by atoms with Crippen molar-refractivity contribution in [3.8, 4) is 0 Å². The van der Waals surface area contributed by atoms with Gasteiger partial charge in [0.25, 0.3) is 5.91 Å². The lowest BCUT2D eigenvalue weighted by Gasteiger charge is -2.07. The Hall–Kier alpha value is -0.580. The second-order valence-electron chi connectivity index (χ2n) is 3.61. The maximum atomic E-state index is 11.6.